The molecule has 0 aromatic carbocycles. The molecule has 136 valence electrons. The molecular weight excluding hydrogens is 338 g/mol. The first-order valence-corrected chi connectivity index (χ1v) is 9.26. The van der Waals surface area contributed by atoms with Crippen LogP contribution in [0.3, 0.4) is 0 Å². The van der Waals surface area contributed by atoms with Crippen molar-refractivity contribution in [3.8, 4) is 6.19 Å². The molecule has 0 atom stereocenters. The molecule has 3 heterocycles. The van der Waals surface area contributed by atoms with Gasteiger partial charge in [-0.3, -0.25) is 9.78 Å². The first kappa shape index (κ1) is 17.2. The monoisotopic (exact) mass is 359 g/mol. The molecule has 0 bridgehead atoms. The molecule has 2 aromatic rings. The summed E-state index contributed by atoms with van der Waals surface area (Å²) in [5.41, 5.74) is 4.01. The maximum absolute atomic E-state index is 12.2. The lowest BCUT2D eigenvalue weighted by atomic mass is 10.1. The Morgan fingerprint density at radius 2 is 2.11 bits per heavy atom. The van der Waals surface area contributed by atoms with Crippen LogP contribution < -0.4 is 5.32 Å². The van der Waals surface area contributed by atoms with E-state index in [4.69, 9.17) is 5.26 Å². The molecule has 1 aliphatic carbocycles. The molecule has 2 aromatic heterocycles. The van der Waals surface area contributed by atoms with Crippen molar-refractivity contribution in [2.45, 2.75) is 31.6 Å². The van der Waals surface area contributed by atoms with Gasteiger partial charge in [-0.2, -0.15) is 5.26 Å². The van der Waals surface area contributed by atoms with Crippen LogP contribution in [0.1, 0.15) is 42.0 Å². The smallest absolute Gasteiger partial charge is 0.230 e. The minimum atomic E-state index is -0.108. The Kier molecular flexibility index (Phi) is 4.84. The van der Waals surface area contributed by atoms with E-state index in [2.05, 4.69) is 27.6 Å². The van der Waals surface area contributed by atoms with Gasteiger partial charge in [0.2, 0.25) is 5.91 Å². The predicted octanol–water partition coefficient (Wildman–Crippen LogP) is 3.11. The van der Waals surface area contributed by atoms with Gasteiger partial charge in [-0.25, -0.2) is 4.98 Å². The zero-order valence-corrected chi connectivity index (χ0v) is 15.1. The van der Waals surface area contributed by atoms with Gasteiger partial charge in [0.15, 0.2) is 6.19 Å². The number of hydrogen-bond donors (Lipinski definition) is 1. The molecular formula is C21H21N5O. The molecule has 6 nitrogen and oxygen atoms in total. The highest BCUT2D eigenvalue weighted by molar-refractivity contribution is 5.91. The first-order chi connectivity index (χ1) is 13.2. The number of anilines is 1. The molecule has 0 radical (unpaired) electrons. The molecule has 4 rings (SSSR count). The summed E-state index contributed by atoms with van der Waals surface area (Å²) in [4.78, 5) is 22.8. The highest BCUT2D eigenvalue weighted by atomic mass is 16.1. The number of pyridine rings is 2. The number of rotatable bonds is 5. The third kappa shape index (κ3) is 4.32. The van der Waals surface area contributed by atoms with E-state index in [0.717, 1.165) is 29.8 Å². The summed E-state index contributed by atoms with van der Waals surface area (Å²) in [6.45, 7) is 1.35. The molecule has 1 saturated carbocycles. The van der Waals surface area contributed by atoms with Crippen LogP contribution in [-0.4, -0.2) is 33.9 Å². The third-order valence-electron chi connectivity index (χ3n) is 4.91. The van der Waals surface area contributed by atoms with E-state index >= 15 is 0 Å². The van der Waals surface area contributed by atoms with Gasteiger partial charge >= 0.3 is 0 Å². The van der Waals surface area contributed by atoms with E-state index in [9.17, 15) is 4.79 Å². The van der Waals surface area contributed by atoms with Gasteiger partial charge in [0.1, 0.15) is 5.82 Å². The number of hydrogen-bond acceptors (Lipinski definition) is 5. The van der Waals surface area contributed by atoms with Crippen LogP contribution in [0, 0.1) is 11.5 Å². The van der Waals surface area contributed by atoms with Gasteiger partial charge in [0.25, 0.3) is 0 Å². The second-order valence-electron chi connectivity index (χ2n) is 7.07. The molecule has 6 heteroatoms. The van der Waals surface area contributed by atoms with E-state index in [0.29, 0.717) is 18.3 Å². The lowest BCUT2D eigenvalue weighted by Gasteiger charge is -2.21. The van der Waals surface area contributed by atoms with Crippen LogP contribution >= 0.6 is 0 Å². The fraction of sp³-hybridized carbons (Fsp3) is 0.333. The number of amides is 1. The Morgan fingerprint density at radius 3 is 2.78 bits per heavy atom. The van der Waals surface area contributed by atoms with Crippen LogP contribution in [0.2, 0.25) is 0 Å². The standard InChI is InChI=1S/C21H21N5O/c22-14-26-9-1-2-18(13-26)19-7-3-15(11-23-19)10-21(27)25-20-8-6-17(12-24-20)16-4-5-16/h2-3,6-8,11-12,16H,1,4-5,9-10,13H2,(H,24,25,27). The Labute approximate surface area is 158 Å². The number of aromatic nitrogens is 2. The van der Waals surface area contributed by atoms with E-state index in [-0.39, 0.29) is 12.3 Å². The molecule has 1 amide bonds. The minimum absolute atomic E-state index is 0.108. The topological polar surface area (TPSA) is 81.9 Å². The first-order valence-electron chi connectivity index (χ1n) is 9.26. The number of nitrogens with one attached hydrogen (secondary N) is 1. The lowest BCUT2D eigenvalue weighted by molar-refractivity contribution is -0.115. The van der Waals surface area contributed by atoms with Gasteiger partial charge in [-0.05, 0) is 54.0 Å². The summed E-state index contributed by atoms with van der Waals surface area (Å²) in [6, 6.07) is 7.73. The number of nitriles is 1. The second-order valence-corrected chi connectivity index (χ2v) is 7.07. The van der Waals surface area contributed by atoms with Gasteiger partial charge in [0.05, 0.1) is 18.7 Å². The molecule has 27 heavy (non-hydrogen) atoms. The Balaban J connectivity index is 1.34. The zero-order valence-electron chi connectivity index (χ0n) is 15.1. The minimum Gasteiger partial charge on any atom is -0.310 e. The summed E-state index contributed by atoms with van der Waals surface area (Å²) in [7, 11) is 0. The van der Waals surface area contributed by atoms with Crippen LogP contribution in [0.4, 0.5) is 5.82 Å². The number of nitrogens with zero attached hydrogens (tertiary/aromatic N) is 4. The van der Waals surface area contributed by atoms with E-state index < -0.39 is 0 Å². The summed E-state index contributed by atoms with van der Waals surface area (Å²) in [6.07, 6.45) is 11.5. The van der Waals surface area contributed by atoms with Crippen molar-refractivity contribution in [2.24, 2.45) is 0 Å². The van der Waals surface area contributed by atoms with Crippen molar-refractivity contribution in [1.82, 2.24) is 14.9 Å². The quantitative estimate of drug-likeness (QED) is 0.830. The van der Waals surface area contributed by atoms with Gasteiger partial charge in [-0.15, -0.1) is 0 Å². The van der Waals surface area contributed by atoms with Crippen LogP contribution in [0.25, 0.3) is 5.57 Å². The fourth-order valence-electron chi connectivity index (χ4n) is 3.24. The molecule has 0 saturated heterocycles. The SMILES string of the molecule is N#CN1CCC=C(c2ccc(CC(=O)Nc3ccc(C4CC4)cn3)cn2)C1. The maximum atomic E-state index is 12.2. The molecule has 0 unspecified atom stereocenters. The second kappa shape index (κ2) is 7.58. The van der Waals surface area contributed by atoms with Crippen molar-refractivity contribution in [2.75, 3.05) is 18.4 Å². The largest absolute Gasteiger partial charge is 0.310 e. The van der Waals surface area contributed by atoms with E-state index in [1.807, 2.05) is 30.5 Å². The van der Waals surface area contributed by atoms with Crippen molar-refractivity contribution in [3.05, 3.63) is 59.6 Å². The molecule has 1 aliphatic heterocycles. The average molecular weight is 359 g/mol. The van der Waals surface area contributed by atoms with Crippen LogP contribution in [-0.2, 0) is 11.2 Å². The van der Waals surface area contributed by atoms with E-state index in [1.54, 1.807) is 11.1 Å². The third-order valence-corrected chi connectivity index (χ3v) is 4.91. The number of carbonyl (C=O) groups is 1. The Bertz CT molecular complexity index is 892. The maximum Gasteiger partial charge on any atom is 0.230 e. The normalized spacial score (nSPS) is 16.4. The van der Waals surface area contributed by atoms with Gasteiger partial charge in [0, 0.05) is 18.9 Å². The fourth-order valence-corrected chi connectivity index (χ4v) is 3.24. The summed E-state index contributed by atoms with van der Waals surface area (Å²) in [5, 5.41) is 11.9. The van der Waals surface area contributed by atoms with E-state index in [1.165, 1.54) is 18.4 Å². The number of carbonyl (C=O) groups excluding carboxylic acids is 1. The Hall–Kier alpha value is -3.20. The summed E-state index contributed by atoms with van der Waals surface area (Å²) in [5.74, 6) is 1.13. The van der Waals surface area contributed by atoms with Crippen molar-refractivity contribution >= 4 is 17.3 Å². The van der Waals surface area contributed by atoms with Crippen molar-refractivity contribution in [3.63, 3.8) is 0 Å². The predicted molar refractivity (Wildman–Crippen MR) is 103 cm³/mol. The zero-order chi connectivity index (χ0) is 18.6. The highest BCUT2D eigenvalue weighted by Gasteiger charge is 2.23. The summed E-state index contributed by atoms with van der Waals surface area (Å²) < 4.78 is 0. The Morgan fingerprint density at radius 1 is 1.22 bits per heavy atom. The van der Waals surface area contributed by atoms with Crippen molar-refractivity contribution in [1.29, 1.82) is 5.26 Å². The molecule has 1 fully saturated rings. The summed E-state index contributed by atoms with van der Waals surface area (Å²) >= 11 is 0. The van der Waals surface area contributed by atoms with Crippen LogP contribution in [0.15, 0.2) is 42.7 Å². The van der Waals surface area contributed by atoms with Crippen LogP contribution in [0.5, 0.6) is 0 Å². The lowest BCUT2D eigenvalue weighted by Crippen LogP contribution is -2.24. The van der Waals surface area contributed by atoms with Gasteiger partial charge < -0.3 is 10.2 Å². The molecule has 1 N–H and O–H groups in total. The van der Waals surface area contributed by atoms with Crippen molar-refractivity contribution < 1.29 is 4.79 Å². The van der Waals surface area contributed by atoms with Gasteiger partial charge in [-0.1, -0.05) is 18.2 Å². The molecule has 0 spiro atoms. The molecule has 2 aliphatic rings. The average Bonchev–Trinajstić information content (AvgIpc) is 3.54. The highest BCUT2D eigenvalue weighted by Crippen LogP contribution is 2.39.